The van der Waals surface area contributed by atoms with Gasteiger partial charge in [0, 0.05) is 13.6 Å². The van der Waals surface area contributed by atoms with Crippen LogP contribution in [0.1, 0.15) is 20.8 Å². The van der Waals surface area contributed by atoms with Crippen molar-refractivity contribution in [2.75, 3.05) is 0 Å². The van der Waals surface area contributed by atoms with Gasteiger partial charge in [-0.3, -0.25) is 4.79 Å². The molecule has 0 aliphatic carbocycles. The Morgan fingerprint density at radius 3 is 2.71 bits per heavy atom. The van der Waals surface area contributed by atoms with Crippen LogP contribution >= 0.6 is 61.5 Å². The first-order valence-corrected chi connectivity index (χ1v) is 7.81. The predicted molar refractivity (Wildman–Crippen MR) is 84.4 cm³/mol. The largest absolute Gasteiger partial charge is 0.288 e. The number of halogens is 3. The van der Waals surface area contributed by atoms with E-state index in [0.29, 0.717) is 14.8 Å². The number of thiophene rings is 1. The third-order valence-corrected chi connectivity index (χ3v) is 5.24. The summed E-state index contributed by atoms with van der Waals surface area (Å²) in [6.45, 7) is 1.90. The highest BCUT2D eigenvalue weighted by atomic mass is 127. The van der Waals surface area contributed by atoms with E-state index < -0.39 is 0 Å². The Labute approximate surface area is 130 Å². The zero-order valence-corrected chi connectivity index (χ0v) is 14.1. The number of benzene rings is 1. The van der Waals surface area contributed by atoms with E-state index in [1.54, 1.807) is 0 Å². The van der Waals surface area contributed by atoms with Crippen molar-refractivity contribution in [2.45, 2.75) is 6.92 Å². The van der Waals surface area contributed by atoms with Crippen molar-refractivity contribution in [3.8, 4) is 0 Å². The normalized spacial score (nSPS) is 10.6. The molecule has 0 unspecified atom stereocenters. The van der Waals surface area contributed by atoms with Crippen molar-refractivity contribution in [1.82, 2.24) is 0 Å². The molecule has 0 amide bonds. The number of rotatable bonds is 2. The quantitative estimate of drug-likeness (QED) is 0.456. The minimum absolute atomic E-state index is 0.0238. The average Bonchev–Trinajstić information content (AvgIpc) is 2.62. The van der Waals surface area contributed by atoms with E-state index in [1.807, 2.05) is 31.2 Å². The summed E-state index contributed by atoms with van der Waals surface area (Å²) in [5.41, 5.74) is 1.66. The first kappa shape index (κ1) is 13.5. The molecule has 0 bridgehead atoms. The van der Waals surface area contributed by atoms with E-state index in [0.717, 1.165) is 13.6 Å². The molecule has 1 nitrogen and oxygen atoms in total. The number of hydrogen-bond donors (Lipinski definition) is 0. The molecule has 5 heteroatoms. The minimum Gasteiger partial charge on any atom is -0.288 e. The molecular weight excluding hydrogens is 434 g/mol. The van der Waals surface area contributed by atoms with Gasteiger partial charge in [-0.05, 0) is 59.3 Å². The fourth-order valence-corrected chi connectivity index (χ4v) is 3.47. The molecule has 0 saturated heterocycles. The molecule has 0 fully saturated rings. The number of ketones is 1. The lowest BCUT2D eigenvalue weighted by atomic mass is 10.1. The van der Waals surface area contributed by atoms with Gasteiger partial charge in [0.05, 0.1) is 9.21 Å². The lowest BCUT2D eigenvalue weighted by molar-refractivity contribution is 0.104. The second-order valence-electron chi connectivity index (χ2n) is 3.52. The summed E-state index contributed by atoms with van der Waals surface area (Å²) in [5.74, 6) is 0.0238. The SMILES string of the molecule is Cc1cc(C(=O)c2cc(Br)ccc2I)sc1Cl. The molecule has 0 spiro atoms. The Hall–Kier alpha value is 0.0900. The fourth-order valence-electron chi connectivity index (χ4n) is 1.38. The monoisotopic (exact) mass is 440 g/mol. The first-order valence-electron chi connectivity index (χ1n) is 4.74. The maximum absolute atomic E-state index is 12.3. The van der Waals surface area contributed by atoms with Gasteiger partial charge in [-0.2, -0.15) is 0 Å². The molecule has 0 aliphatic heterocycles. The summed E-state index contributed by atoms with van der Waals surface area (Å²) >= 11 is 12.9. The Kier molecular flexibility index (Phi) is 4.28. The van der Waals surface area contributed by atoms with Gasteiger partial charge in [0.2, 0.25) is 5.78 Å². The van der Waals surface area contributed by atoms with Crippen LogP contribution in [0.15, 0.2) is 28.7 Å². The number of hydrogen-bond acceptors (Lipinski definition) is 2. The summed E-state index contributed by atoms with van der Waals surface area (Å²) in [6.07, 6.45) is 0. The van der Waals surface area contributed by atoms with E-state index in [-0.39, 0.29) is 5.78 Å². The van der Waals surface area contributed by atoms with Crippen LogP contribution in [-0.2, 0) is 0 Å². The molecule has 88 valence electrons. The van der Waals surface area contributed by atoms with Gasteiger partial charge in [-0.25, -0.2) is 0 Å². The van der Waals surface area contributed by atoms with Gasteiger partial charge < -0.3 is 0 Å². The Morgan fingerprint density at radius 2 is 2.12 bits per heavy atom. The van der Waals surface area contributed by atoms with Crippen molar-refractivity contribution in [3.63, 3.8) is 0 Å². The Balaban J connectivity index is 2.47. The van der Waals surface area contributed by atoms with Crippen molar-refractivity contribution < 1.29 is 4.79 Å². The highest BCUT2D eigenvalue weighted by Gasteiger charge is 2.16. The van der Waals surface area contributed by atoms with E-state index in [1.165, 1.54) is 11.3 Å². The third kappa shape index (κ3) is 2.92. The molecule has 1 heterocycles. The van der Waals surface area contributed by atoms with Gasteiger partial charge in [0.1, 0.15) is 0 Å². The Morgan fingerprint density at radius 1 is 1.41 bits per heavy atom. The van der Waals surface area contributed by atoms with Gasteiger partial charge in [0.15, 0.2) is 0 Å². The zero-order chi connectivity index (χ0) is 12.6. The van der Waals surface area contributed by atoms with Crippen LogP contribution in [0.25, 0.3) is 0 Å². The summed E-state index contributed by atoms with van der Waals surface area (Å²) in [5, 5.41) is 0. The van der Waals surface area contributed by atoms with Gasteiger partial charge in [-0.1, -0.05) is 27.5 Å². The third-order valence-electron chi connectivity index (χ3n) is 2.25. The minimum atomic E-state index is 0.0238. The first-order chi connectivity index (χ1) is 7.99. The summed E-state index contributed by atoms with van der Waals surface area (Å²) in [6, 6.07) is 7.52. The second kappa shape index (κ2) is 5.38. The van der Waals surface area contributed by atoms with Crippen molar-refractivity contribution in [1.29, 1.82) is 0 Å². The van der Waals surface area contributed by atoms with E-state index in [2.05, 4.69) is 38.5 Å². The number of aryl methyl sites for hydroxylation is 1. The van der Waals surface area contributed by atoms with Crippen LogP contribution < -0.4 is 0 Å². The van der Waals surface area contributed by atoms with Crippen LogP contribution in [0.3, 0.4) is 0 Å². The van der Waals surface area contributed by atoms with E-state index in [4.69, 9.17) is 11.6 Å². The standard InChI is InChI=1S/C12H7BrClIOS/c1-6-4-10(17-12(6)14)11(16)8-5-7(13)2-3-9(8)15/h2-5H,1H3. The molecule has 0 aliphatic rings. The van der Waals surface area contributed by atoms with Crippen LogP contribution in [-0.4, -0.2) is 5.78 Å². The molecule has 1 aromatic heterocycles. The molecule has 17 heavy (non-hydrogen) atoms. The molecule has 2 rings (SSSR count). The zero-order valence-electron chi connectivity index (χ0n) is 8.76. The van der Waals surface area contributed by atoms with Crippen molar-refractivity contribution in [2.24, 2.45) is 0 Å². The van der Waals surface area contributed by atoms with Gasteiger partial charge in [0.25, 0.3) is 0 Å². The average molecular weight is 442 g/mol. The van der Waals surface area contributed by atoms with Gasteiger partial charge >= 0.3 is 0 Å². The smallest absolute Gasteiger partial charge is 0.204 e. The molecular formula is C12H7BrClIOS. The topological polar surface area (TPSA) is 17.1 Å². The maximum atomic E-state index is 12.3. The van der Waals surface area contributed by atoms with E-state index in [9.17, 15) is 4.79 Å². The number of carbonyl (C=O) groups is 1. The summed E-state index contributed by atoms with van der Waals surface area (Å²) in [7, 11) is 0. The van der Waals surface area contributed by atoms with Crippen molar-refractivity contribution in [3.05, 3.63) is 52.6 Å². The van der Waals surface area contributed by atoms with Crippen molar-refractivity contribution >= 4 is 67.2 Å². The molecule has 0 atom stereocenters. The lowest BCUT2D eigenvalue weighted by Gasteiger charge is -2.02. The van der Waals surface area contributed by atoms with Crippen LogP contribution in [0, 0.1) is 10.5 Å². The van der Waals surface area contributed by atoms with Crippen LogP contribution in [0.2, 0.25) is 4.34 Å². The molecule has 0 N–H and O–H groups in total. The molecule has 1 aromatic carbocycles. The molecule has 2 aromatic rings. The van der Waals surface area contributed by atoms with Gasteiger partial charge in [-0.15, -0.1) is 11.3 Å². The summed E-state index contributed by atoms with van der Waals surface area (Å²) < 4.78 is 2.52. The van der Waals surface area contributed by atoms with Crippen LogP contribution in [0.5, 0.6) is 0 Å². The van der Waals surface area contributed by atoms with E-state index >= 15 is 0 Å². The molecule has 0 saturated carbocycles. The summed E-state index contributed by atoms with van der Waals surface area (Å²) in [4.78, 5) is 13.0. The van der Waals surface area contributed by atoms with Crippen LogP contribution in [0.4, 0.5) is 0 Å². The fraction of sp³-hybridized carbons (Fsp3) is 0.0833. The molecule has 0 radical (unpaired) electrons. The highest BCUT2D eigenvalue weighted by Crippen LogP contribution is 2.30. The maximum Gasteiger partial charge on any atom is 0.204 e. The second-order valence-corrected chi connectivity index (χ2v) is 7.25. The lowest BCUT2D eigenvalue weighted by Crippen LogP contribution is -2.01. The highest BCUT2D eigenvalue weighted by molar-refractivity contribution is 14.1. The number of carbonyl (C=O) groups excluding carboxylic acids is 1. The Bertz CT molecular complexity index is 575. The predicted octanol–water partition coefficient (Wildman–Crippen LogP) is 5.31.